The SMILES string of the molecule is CN(CCC(=O)O)CC(=O)N(C)C1CCCc2ccccc21. The molecule has 0 bridgehead atoms. The van der Waals surface area contributed by atoms with Crippen LogP contribution in [0.15, 0.2) is 24.3 Å². The maximum atomic E-state index is 12.4. The van der Waals surface area contributed by atoms with Crippen LogP contribution in [0.3, 0.4) is 0 Å². The topological polar surface area (TPSA) is 60.9 Å². The minimum absolute atomic E-state index is 0.0367. The smallest absolute Gasteiger partial charge is 0.304 e. The molecule has 2 rings (SSSR count). The van der Waals surface area contributed by atoms with E-state index in [0.717, 1.165) is 19.3 Å². The molecule has 5 heteroatoms. The fraction of sp³-hybridized carbons (Fsp3) is 0.529. The molecule has 0 aromatic heterocycles. The maximum absolute atomic E-state index is 12.4. The van der Waals surface area contributed by atoms with Crippen LogP contribution in [0.25, 0.3) is 0 Å². The molecule has 1 aliphatic rings. The van der Waals surface area contributed by atoms with Crippen molar-refractivity contribution in [1.82, 2.24) is 9.80 Å². The number of fused-ring (bicyclic) bond motifs is 1. The second kappa shape index (κ2) is 7.40. The molecule has 1 amide bonds. The van der Waals surface area contributed by atoms with Crippen molar-refractivity contribution in [1.29, 1.82) is 0 Å². The number of nitrogens with zero attached hydrogens (tertiary/aromatic N) is 2. The Bertz CT molecular complexity index is 544. The molecule has 0 heterocycles. The largest absolute Gasteiger partial charge is 0.481 e. The number of hydrogen-bond acceptors (Lipinski definition) is 3. The average molecular weight is 304 g/mol. The van der Waals surface area contributed by atoms with E-state index in [9.17, 15) is 9.59 Å². The quantitative estimate of drug-likeness (QED) is 0.872. The van der Waals surface area contributed by atoms with E-state index in [4.69, 9.17) is 5.11 Å². The number of hydrogen-bond donors (Lipinski definition) is 1. The summed E-state index contributed by atoms with van der Waals surface area (Å²) in [5.41, 5.74) is 2.58. The van der Waals surface area contributed by atoms with Gasteiger partial charge in [0.25, 0.3) is 0 Å². The normalized spacial score (nSPS) is 17.1. The number of rotatable bonds is 6. The van der Waals surface area contributed by atoms with Crippen LogP contribution >= 0.6 is 0 Å². The average Bonchev–Trinajstić information content (AvgIpc) is 2.51. The lowest BCUT2D eigenvalue weighted by Crippen LogP contribution is -2.40. The van der Waals surface area contributed by atoms with Crippen molar-refractivity contribution in [2.75, 3.05) is 27.2 Å². The molecule has 1 N–H and O–H groups in total. The van der Waals surface area contributed by atoms with E-state index in [2.05, 4.69) is 12.1 Å². The van der Waals surface area contributed by atoms with E-state index >= 15 is 0 Å². The van der Waals surface area contributed by atoms with Gasteiger partial charge in [0.1, 0.15) is 0 Å². The number of aliphatic carboxylic acids is 1. The predicted molar refractivity (Wildman–Crippen MR) is 84.6 cm³/mol. The van der Waals surface area contributed by atoms with Crippen LogP contribution in [0.4, 0.5) is 0 Å². The van der Waals surface area contributed by atoms with Gasteiger partial charge >= 0.3 is 5.97 Å². The first kappa shape index (κ1) is 16.5. The summed E-state index contributed by atoms with van der Waals surface area (Å²) in [7, 11) is 3.63. The summed E-state index contributed by atoms with van der Waals surface area (Å²) >= 11 is 0. The van der Waals surface area contributed by atoms with Crippen molar-refractivity contribution in [3.8, 4) is 0 Å². The number of benzene rings is 1. The minimum atomic E-state index is -0.839. The maximum Gasteiger partial charge on any atom is 0.304 e. The third-order valence-corrected chi connectivity index (χ3v) is 4.31. The number of amides is 1. The lowest BCUT2D eigenvalue weighted by Gasteiger charge is -2.34. The predicted octanol–water partition coefficient (Wildman–Crippen LogP) is 1.93. The summed E-state index contributed by atoms with van der Waals surface area (Å²) in [4.78, 5) is 26.6. The van der Waals surface area contributed by atoms with Crippen LogP contribution in [0, 0.1) is 0 Å². The zero-order valence-electron chi connectivity index (χ0n) is 13.3. The Labute approximate surface area is 131 Å². The molecule has 0 saturated heterocycles. The molecule has 1 aromatic carbocycles. The number of carboxylic acids is 1. The fourth-order valence-corrected chi connectivity index (χ4v) is 3.01. The summed E-state index contributed by atoms with van der Waals surface area (Å²) in [6, 6.07) is 8.44. The van der Waals surface area contributed by atoms with Crippen molar-refractivity contribution < 1.29 is 14.7 Å². The lowest BCUT2D eigenvalue weighted by molar-refractivity contribution is -0.138. The Kier molecular flexibility index (Phi) is 5.55. The highest BCUT2D eigenvalue weighted by Crippen LogP contribution is 2.33. The highest BCUT2D eigenvalue weighted by Gasteiger charge is 2.26. The van der Waals surface area contributed by atoms with Crippen LogP contribution in [0.1, 0.15) is 36.4 Å². The second-order valence-corrected chi connectivity index (χ2v) is 5.99. The molecule has 0 radical (unpaired) electrons. The van der Waals surface area contributed by atoms with Crippen molar-refractivity contribution in [3.05, 3.63) is 35.4 Å². The molecule has 0 fully saturated rings. The van der Waals surface area contributed by atoms with Gasteiger partial charge in [-0.05, 0) is 37.4 Å². The van der Waals surface area contributed by atoms with E-state index in [1.165, 1.54) is 11.1 Å². The van der Waals surface area contributed by atoms with Gasteiger partial charge in [0.15, 0.2) is 0 Å². The molecule has 120 valence electrons. The van der Waals surface area contributed by atoms with E-state index < -0.39 is 5.97 Å². The van der Waals surface area contributed by atoms with Crippen molar-refractivity contribution in [2.45, 2.75) is 31.7 Å². The van der Waals surface area contributed by atoms with Crippen LogP contribution in [-0.2, 0) is 16.0 Å². The Morgan fingerprint density at radius 3 is 2.73 bits per heavy atom. The van der Waals surface area contributed by atoms with E-state index in [-0.39, 0.29) is 24.9 Å². The number of carbonyl (C=O) groups is 2. The summed E-state index contributed by atoms with van der Waals surface area (Å²) in [6.45, 7) is 0.638. The van der Waals surface area contributed by atoms with Gasteiger partial charge in [-0.15, -0.1) is 0 Å². The van der Waals surface area contributed by atoms with Crippen LogP contribution in [-0.4, -0.2) is 54.0 Å². The van der Waals surface area contributed by atoms with Gasteiger partial charge in [-0.3, -0.25) is 14.5 Å². The standard InChI is InChI=1S/C17H24N2O3/c1-18(11-10-17(21)22)12-16(20)19(2)15-9-5-7-13-6-3-4-8-14(13)15/h3-4,6,8,15H,5,7,9-12H2,1-2H3,(H,21,22). The number of aryl methyl sites for hydroxylation is 1. The highest BCUT2D eigenvalue weighted by molar-refractivity contribution is 5.78. The first-order valence-corrected chi connectivity index (χ1v) is 7.73. The summed E-state index contributed by atoms with van der Waals surface area (Å²) in [6.07, 6.45) is 3.21. The van der Waals surface area contributed by atoms with Crippen LogP contribution in [0.5, 0.6) is 0 Å². The minimum Gasteiger partial charge on any atom is -0.481 e. The highest BCUT2D eigenvalue weighted by atomic mass is 16.4. The molecule has 1 unspecified atom stereocenters. The Balaban J connectivity index is 1.98. The molecule has 0 spiro atoms. The number of carboxylic acid groups (broad SMARTS) is 1. The van der Waals surface area contributed by atoms with Crippen molar-refractivity contribution >= 4 is 11.9 Å². The van der Waals surface area contributed by atoms with Gasteiger partial charge < -0.3 is 10.0 Å². The molecular weight excluding hydrogens is 280 g/mol. The van der Waals surface area contributed by atoms with Crippen LogP contribution in [0.2, 0.25) is 0 Å². The third kappa shape index (κ3) is 4.07. The van der Waals surface area contributed by atoms with Gasteiger partial charge in [-0.25, -0.2) is 0 Å². The Morgan fingerprint density at radius 1 is 1.27 bits per heavy atom. The molecule has 0 saturated carbocycles. The zero-order chi connectivity index (χ0) is 16.1. The molecular formula is C17H24N2O3. The van der Waals surface area contributed by atoms with Crippen molar-refractivity contribution in [2.24, 2.45) is 0 Å². The molecule has 1 atom stereocenters. The van der Waals surface area contributed by atoms with E-state index in [0.29, 0.717) is 6.54 Å². The Morgan fingerprint density at radius 2 is 2.00 bits per heavy atom. The monoisotopic (exact) mass is 304 g/mol. The van der Waals surface area contributed by atoms with Gasteiger partial charge in [0.05, 0.1) is 19.0 Å². The summed E-state index contributed by atoms with van der Waals surface area (Å²) in [5, 5.41) is 8.70. The van der Waals surface area contributed by atoms with Crippen molar-refractivity contribution in [3.63, 3.8) is 0 Å². The van der Waals surface area contributed by atoms with Gasteiger partial charge in [-0.1, -0.05) is 24.3 Å². The Hall–Kier alpha value is -1.88. The third-order valence-electron chi connectivity index (χ3n) is 4.31. The molecule has 5 nitrogen and oxygen atoms in total. The second-order valence-electron chi connectivity index (χ2n) is 5.99. The summed E-state index contributed by atoms with van der Waals surface area (Å²) < 4.78 is 0. The van der Waals surface area contributed by atoms with E-state index in [1.807, 2.05) is 24.1 Å². The fourth-order valence-electron chi connectivity index (χ4n) is 3.01. The number of likely N-dealkylation sites (N-methyl/N-ethyl adjacent to an activating group) is 2. The summed E-state index contributed by atoms with van der Waals surface area (Å²) in [5.74, 6) is -0.802. The number of carbonyl (C=O) groups excluding carboxylic acids is 1. The van der Waals surface area contributed by atoms with Gasteiger partial charge in [0.2, 0.25) is 5.91 Å². The molecule has 0 aliphatic heterocycles. The van der Waals surface area contributed by atoms with Crippen LogP contribution < -0.4 is 0 Å². The first-order chi connectivity index (χ1) is 10.5. The first-order valence-electron chi connectivity index (χ1n) is 7.73. The molecule has 22 heavy (non-hydrogen) atoms. The lowest BCUT2D eigenvalue weighted by atomic mass is 9.87. The van der Waals surface area contributed by atoms with Gasteiger partial charge in [-0.2, -0.15) is 0 Å². The van der Waals surface area contributed by atoms with E-state index in [1.54, 1.807) is 11.9 Å². The zero-order valence-corrected chi connectivity index (χ0v) is 13.3. The van der Waals surface area contributed by atoms with Gasteiger partial charge in [0, 0.05) is 13.6 Å². The molecule has 1 aliphatic carbocycles. The molecule has 1 aromatic rings.